The molecular weight excluding hydrogens is 292 g/mol. The minimum absolute atomic E-state index is 0.0500. The van der Waals surface area contributed by atoms with E-state index in [1.165, 1.54) is 0 Å². The van der Waals surface area contributed by atoms with Crippen LogP contribution in [0, 0.1) is 11.6 Å². The molecule has 0 fully saturated rings. The van der Waals surface area contributed by atoms with Gasteiger partial charge in [0.05, 0.1) is 6.54 Å². The summed E-state index contributed by atoms with van der Waals surface area (Å²) >= 11 is 1.61. The Balaban J connectivity index is 2.37. The van der Waals surface area contributed by atoms with Crippen LogP contribution in [0.15, 0.2) is 23.6 Å². The van der Waals surface area contributed by atoms with Gasteiger partial charge in [-0.1, -0.05) is 6.07 Å². The number of nitrogens with one attached hydrogen (secondary N) is 1. The Labute approximate surface area is 127 Å². The molecule has 0 saturated heterocycles. The predicted molar refractivity (Wildman–Crippen MR) is 84.0 cm³/mol. The van der Waals surface area contributed by atoms with E-state index in [9.17, 15) is 8.78 Å². The van der Waals surface area contributed by atoms with Crippen molar-refractivity contribution in [2.75, 3.05) is 16.8 Å². The number of hydrogen-bond acceptors (Lipinski definition) is 4. The highest BCUT2D eigenvalue weighted by atomic mass is 32.1. The number of anilines is 2. The second kappa shape index (κ2) is 6.85. The van der Waals surface area contributed by atoms with Gasteiger partial charge < -0.3 is 10.2 Å². The van der Waals surface area contributed by atoms with E-state index in [2.05, 4.69) is 10.3 Å². The van der Waals surface area contributed by atoms with E-state index in [-0.39, 0.29) is 17.7 Å². The fourth-order valence-electron chi connectivity index (χ4n) is 2.02. The minimum atomic E-state index is -0.669. The molecule has 3 nitrogen and oxygen atoms in total. The van der Waals surface area contributed by atoms with Gasteiger partial charge in [0.2, 0.25) is 0 Å². The number of thiophene rings is 1. The summed E-state index contributed by atoms with van der Waals surface area (Å²) in [6.07, 6.45) is 0. The van der Waals surface area contributed by atoms with Gasteiger partial charge in [-0.3, -0.25) is 0 Å². The van der Waals surface area contributed by atoms with E-state index in [0.29, 0.717) is 13.1 Å². The lowest BCUT2D eigenvalue weighted by atomic mass is 10.2. The molecule has 0 atom stereocenters. The maximum absolute atomic E-state index is 14.1. The van der Waals surface area contributed by atoms with Gasteiger partial charge in [0, 0.05) is 23.5 Å². The zero-order valence-electron chi connectivity index (χ0n) is 12.4. The van der Waals surface area contributed by atoms with E-state index in [0.717, 1.165) is 10.9 Å². The lowest BCUT2D eigenvalue weighted by Gasteiger charge is -2.28. The number of pyridine rings is 1. The number of rotatable bonds is 6. The third-order valence-corrected chi connectivity index (χ3v) is 3.92. The second-order valence-electron chi connectivity index (χ2n) is 4.96. The van der Waals surface area contributed by atoms with Gasteiger partial charge in [-0.25, -0.2) is 13.8 Å². The lowest BCUT2D eigenvalue weighted by Crippen LogP contribution is -2.31. The third-order valence-electron chi connectivity index (χ3n) is 3.06. The second-order valence-corrected chi connectivity index (χ2v) is 5.99. The van der Waals surface area contributed by atoms with Gasteiger partial charge in [-0.15, -0.1) is 11.3 Å². The van der Waals surface area contributed by atoms with E-state index < -0.39 is 11.6 Å². The first-order chi connectivity index (χ1) is 10.0. The van der Waals surface area contributed by atoms with Crippen molar-refractivity contribution in [1.29, 1.82) is 0 Å². The van der Waals surface area contributed by atoms with Crippen molar-refractivity contribution in [3.8, 4) is 0 Å². The van der Waals surface area contributed by atoms with Gasteiger partial charge >= 0.3 is 0 Å². The maximum Gasteiger partial charge on any atom is 0.168 e. The Hall–Kier alpha value is -1.69. The molecule has 0 aliphatic carbocycles. The van der Waals surface area contributed by atoms with E-state index in [4.69, 9.17) is 0 Å². The quantitative estimate of drug-likeness (QED) is 0.863. The molecule has 0 saturated carbocycles. The highest BCUT2D eigenvalue weighted by Gasteiger charge is 2.20. The van der Waals surface area contributed by atoms with Crippen LogP contribution in [0.1, 0.15) is 25.6 Å². The minimum Gasteiger partial charge on any atom is -0.368 e. The first-order valence-corrected chi connectivity index (χ1v) is 7.79. The highest BCUT2D eigenvalue weighted by molar-refractivity contribution is 7.09. The van der Waals surface area contributed by atoms with Crippen molar-refractivity contribution in [3.05, 3.63) is 40.1 Å². The summed E-state index contributed by atoms with van der Waals surface area (Å²) in [6, 6.07) is 4.89. The summed E-state index contributed by atoms with van der Waals surface area (Å²) in [5, 5.41) is 4.80. The molecule has 2 heterocycles. The molecule has 114 valence electrons. The molecule has 0 spiro atoms. The third kappa shape index (κ3) is 3.69. The van der Waals surface area contributed by atoms with Gasteiger partial charge in [-0.05, 0) is 32.2 Å². The number of nitrogens with zero attached hydrogens (tertiary/aromatic N) is 2. The fraction of sp³-hybridized carbons (Fsp3) is 0.400. The van der Waals surface area contributed by atoms with E-state index in [1.54, 1.807) is 11.3 Å². The lowest BCUT2D eigenvalue weighted by molar-refractivity contribution is 0.559. The molecular formula is C15H19F2N3S. The van der Waals surface area contributed by atoms with Crippen molar-refractivity contribution >= 4 is 23.0 Å². The average Bonchev–Trinajstić information content (AvgIpc) is 2.92. The van der Waals surface area contributed by atoms with Gasteiger partial charge in [0.25, 0.3) is 0 Å². The molecule has 1 N–H and O–H groups in total. The van der Waals surface area contributed by atoms with Crippen LogP contribution in [0.4, 0.5) is 20.4 Å². The van der Waals surface area contributed by atoms with Crippen LogP contribution in [-0.2, 0) is 6.54 Å². The SMILES string of the molecule is CCNc1nc(N(Cc2cccs2)C(C)C)c(F)cc1F. The Morgan fingerprint density at radius 2 is 2.10 bits per heavy atom. The molecule has 21 heavy (non-hydrogen) atoms. The van der Waals surface area contributed by atoms with E-state index in [1.807, 2.05) is 43.2 Å². The molecule has 0 bridgehead atoms. The van der Waals surface area contributed by atoms with Crippen molar-refractivity contribution in [2.24, 2.45) is 0 Å². The van der Waals surface area contributed by atoms with Crippen LogP contribution >= 0.6 is 11.3 Å². The normalized spacial score (nSPS) is 11.0. The fourth-order valence-corrected chi connectivity index (χ4v) is 2.72. The van der Waals surface area contributed by atoms with Crippen molar-refractivity contribution < 1.29 is 8.78 Å². The van der Waals surface area contributed by atoms with Gasteiger partial charge in [-0.2, -0.15) is 0 Å². The largest absolute Gasteiger partial charge is 0.368 e. The molecule has 6 heteroatoms. The average molecular weight is 311 g/mol. The highest BCUT2D eigenvalue weighted by Crippen LogP contribution is 2.26. The Morgan fingerprint density at radius 3 is 2.67 bits per heavy atom. The van der Waals surface area contributed by atoms with Crippen LogP contribution in [0.25, 0.3) is 0 Å². The molecule has 0 unspecified atom stereocenters. The van der Waals surface area contributed by atoms with Crippen LogP contribution in [0.5, 0.6) is 0 Å². The van der Waals surface area contributed by atoms with Gasteiger partial charge in [0.1, 0.15) is 0 Å². The van der Waals surface area contributed by atoms with E-state index >= 15 is 0 Å². The van der Waals surface area contributed by atoms with Crippen molar-refractivity contribution in [2.45, 2.75) is 33.4 Å². The summed E-state index contributed by atoms with van der Waals surface area (Å²) in [4.78, 5) is 7.08. The van der Waals surface area contributed by atoms with Crippen molar-refractivity contribution in [1.82, 2.24) is 4.98 Å². The maximum atomic E-state index is 14.1. The zero-order valence-corrected chi connectivity index (χ0v) is 13.2. The number of aromatic nitrogens is 1. The first-order valence-electron chi connectivity index (χ1n) is 6.91. The molecule has 0 aromatic carbocycles. The van der Waals surface area contributed by atoms with Crippen LogP contribution in [-0.4, -0.2) is 17.6 Å². The summed E-state index contributed by atoms with van der Waals surface area (Å²) in [6.45, 7) is 6.85. The molecule has 0 amide bonds. The molecule has 0 aliphatic heterocycles. The Morgan fingerprint density at radius 1 is 1.33 bits per heavy atom. The summed E-state index contributed by atoms with van der Waals surface area (Å²) in [7, 11) is 0. The monoisotopic (exact) mass is 311 g/mol. The summed E-state index contributed by atoms with van der Waals surface area (Å²) in [5.41, 5.74) is 0. The predicted octanol–water partition coefficient (Wildman–Crippen LogP) is 4.27. The summed E-state index contributed by atoms with van der Waals surface area (Å²) in [5.74, 6) is -1.04. The smallest absolute Gasteiger partial charge is 0.168 e. The molecule has 0 aliphatic rings. The van der Waals surface area contributed by atoms with Crippen LogP contribution < -0.4 is 10.2 Å². The Bertz CT molecular complexity index is 585. The molecule has 2 rings (SSSR count). The topological polar surface area (TPSA) is 28.2 Å². The first kappa shape index (κ1) is 15.7. The molecule has 0 radical (unpaired) electrons. The zero-order chi connectivity index (χ0) is 15.4. The molecule has 2 aromatic rings. The van der Waals surface area contributed by atoms with Crippen molar-refractivity contribution in [3.63, 3.8) is 0 Å². The molecule has 2 aromatic heterocycles. The number of hydrogen-bond donors (Lipinski definition) is 1. The van der Waals surface area contributed by atoms with Crippen LogP contribution in [0.2, 0.25) is 0 Å². The number of halogens is 2. The Kier molecular flexibility index (Phi) is 5.12. The van der Waals surface area contributed by atoms with Gasteiger partial charge in [0.15, 0.2) is 23.3 Å². The van der Waals surface area contributed by atoms with Crippen LogP contribution in [0.3, 0.4) is 0 Å². The summed E-state index contributed by atoms with van der Waals surface area (Å²) < 4.78 is 27.8. The standard InChI is InChI=1S/C15H19F2N3S/c1-4-18-14-12(16)8-13(17)15(19-14)20(10(2)3)9-11-6-5-7-21-11/h5-8,10H,4,9H2,1-3H3,(H,18,19).